The summed E-state index contributed by atoms with van der Waals surface area (Å²) in [5, 5.41) is 0. The molecular formula is C18H25NOS. The standard InChI is InChI=1S/C18H25NOS/c1-13-9-10-16(14-7-5-4-6-8-14)19-15(13)11-12-18(2,21-3)17(19)20/h4-8,13,15-16H,9-12H2,1-3H3/t13-,15-,16+,18-/m1/s1. The Labute approximate surface area is 132 Å². The fraction of sp³-hybridized carbons (Fsp3) is 0.611. The second kappa shape index (κ2) is 5.68. The van der Waals surface area contributed by atoms with E-state index in [0.717, 1.165) is 19.3 Å². The van der Waals surface area contributed by atoms with E-state index >= 15 is 0 Å². The highest BCUT2D eigenvalue weighted by Crippen LogP contribution is 2.46. The highest BCUT2D eigenvalue weighted by Gasteiger charge is 2.49. The predicted octanol–water partition coefficient (Wildman–Crippen LogP) is 4.27. The fourth-order valence-electron chi connectivity index (χ4n) is 3.97. The molecule has 0 spiro atoms. The summed E-state index contributed by atoms with van der Waals surface area (Å²) in [6, 6.07) is 11.3. The average Bonchev–Trinajstić information content (AvgIpc) is 2.52. The third-order valence-corrected chi connectivity index (χ3v) is 6.76. The first-order chi connectivity index (χ1) is 10.1. The van der Waals surface area contributed by atoms with Gasteiger partial charge in [-0.3, -0.25) is 4.79 Å². The van der Waals surface area contributed by atoms with E-state index in [1.807, 2.05) is 0 Å². The molecule has 0 unspecified atom stereocenters. The smallest absolute Gasteiger partial charge is 0.239 e. The van der Waals surface area contributed by atoms with Gasteiger partial charge in [0.05, 0.1) is 10.8 Å². The van der Waals surface area contributed by atoms with Gasteiger partial charge in [-0.25, -0.2) is 0 Å². The van der Waals surface area contributed by atoms with E-state index in [2.05, 4.69) is 55.3 Å². The number of nitrogens with zero attached hydrogens (tertiary/aromatic N) is 1. The lowest BCUT2D eigenvalue weighted by Gasteiger charge is -2.52. The molecule has 0 aromatic heterocycles. The van der Waals surface area contributed by atoms with Crippen molar-refractivity contribution in [2.24, 2.45) is 5.92 Å². The maximum absolute atomic E-state index is 13.1. The molecule has 4 atom stereocenters. The van der Waals surface area contributed by atoms with E-state index in [-0.39, 0.29) is 10.8 Å². The van der Waals surface area contributed by atoms with E-state index in [1.165, 1.54) is 12.0 Å². The van der Waals surface area contributed by atoms with Crippen molar-refractivity contribution in [1.82, 2.24) is 4.90 Å². The summed E-state index contributed by atoms with van der Waals surface area (Å²) in [4.78, 5) is 15.4. The second-order valence-electron chi connectivity index (χ2n) is 6.73. The Morgan fingerprint density at radius 1 is 1.19 bits per heavy atom. The number of benzene rings is 1. The molecule has 2 heterocycles. The summed E-state index contributed by atoms with van der Waals surface area (Å²) >= 11 is 1.72. The topological polar surface area (TPSA) is 20.3 Å². The number of carbonyl (C=O) groups excluding carboxylic acids is 1. The highest BCUT2D eigenvalue weighted by atomic mass is 32.2. The van der Waals surface area contributed by atoms with Crippen molar-refractivity contribution < 1.29 is 4.79 Å². The third-order valence-electron chi connectivity index (χ3n) is 5.48. The van der Waals surface area contributed by atoms with Gasteiger partial charge in [0, 0.05) is 6.04 Å². The van der Waals surface area contributed by atoms with Crippen molar-refractivity contribution in [1.29, 1.82) is 0 Å². The van der Waals surface area contributed by atoms with E-state index in [9.17, 15) is 4.79 Å². The van der Waals surface area contributed by atoms with Gasteiger partial charge in [-0.2, -0.15) is 0 Å². The molecule has 2 aliphatic heterocycles. The van der Waals surface area contributed by atoms with Gasteiger partial charge in [-0.1, -0.05) is 37.3 Å². The first-order valence-corrected chi connectivity index (χ1v) is 9.22. The van der Waals surface area contributed by atoms with Gasteiger partial charge in [0.2, 0.25) is 5.91 Å². The number of fused-ring (bicyclic) bond motifs is 1. The van der Waals surface area contributed by atoms with Gasteiger partial charge in [0.15, 0.2) is 0 Å². The SMILES string of the molecule is CS[C@]1(C)CC[C@@H]2[C@H](C)CC[C@@H](c3ccccc3)N2C1=O. The molecule has 0 bridgehead atoms. The zero-order valence-corrected chi connectivity index (χ0v) is 14.0. The molecule has 0 saturated carbocycles. The Morgan fingerprint density at radius 3 is 2.57 bits per heavy atom. The van der Waals surface area contributed by atoms with Crippen LogP contribution in [0.15, 0.2) is 30.3 Å². The van der Waals surface area contributed by atoms with E-state index in [0.29, 0.717) is 17.9 Å². The maximum atomic E-state index is 13.1. The molecule has 2 nitrogen and oxygen atoms in total. The van der Waals surface area contributed by atoms with Crippen LogP contribution in [0.4, 0.5) is 0 Å². The molecular weight excluding hydrogens is 278 g/mol. The second-order valence-corrected chi connectivity index (χ2v) is 8.04. The molecule has 3 rings (SSSR count). The van der Waals surface area contributed by atoms with Crippen molar-refractivity contribution in [2.75, 3.05) is 6.26 Å². The Bertz CT molecular complexity index is 517. The maximum Gasteiger partial charge on any atom is 0.239 e. The number of hydrogen-bond acceptors (Lipinski definition) is 2. The van der Waals surface area contributed by atoms with Crippen LogP contribution in [-0.4, -0.2) is 27.9 Å². The third kappa shape index (κ3) is 2.50. The van der Waals surface area contributed by atoms with Crippen LogP contribution in [0.3, 0.4) is 0 Å². The van der Waals surface area contributed by atoms with Crippen LogP contribution in [0, 0.1) is 5.92 Å². The minimum atomic E-state index is -0.236. The highest BCUT2D eigenvalue weighted by molar-refractivity contribution is 8.00. The summed E-state index contributed by atoms with van der Waals surface area (Å²) in [7, 11) is 0. The molecule has 0 radical (unpaired) electrons. The van der Waals surface area contributed by atoms with Gasteiger partial charge < -0.3 is 4.90 Å². The molecule has 21 heavy (non-hydrogen) atoms. The van der Waals surface area contributed by atoms with Gasteiger partial charge >= 0.3 is 0 Å². The lowest BCUT2D eigenvalue weighted by Crippen LogP contribution is -2.59. The molecule has 2 fully saturated rings. The van der Waals surface area contributed by atoms with Crippen LogP contribution in [0.1, 0.15) is 51.1 Å². The van der Waals surface area contributed by atoms with Gasteiger partial charge in [-0.05, 0) is 50.3 Å². The lowest BCUT2D eigenvalue weighted by molar-refractivity contribution is -0.147. The number of amides is 1. The first kappa shape index (κ1) is 15.0. The monoisotopic (exact) mass is 303 g/mol. The van der Waals surface area contributed by atoms with Gasteiger partial charge in [0.1, 0.15) is 0 Å². The van der Waals surface area contributed by atoms with Crippen LogP contribution in [0.2, 0.25) is 0 Å². The zero-order chi connectivity index (χ0) is 15.0. The lowest BCUT2D eigenvalue weighted by atomic mass is 9.77. The van der Waals surface area contributed by atoms with Crippen molar-refractivity contribution in [3.63, 3.8) is 0 Å². The molecule has 2 saturated heterocycles. The van der Waals surface area contributed by atoms with Crippen molar-refractivity contribution >= 4 is 17.7 Å². The number of rotatable bonds is 2. The average molecular weight is 303 g/mol. The Kier molecular flexibility index (Phi) is 4.04. The van der Waals surface area contributed by atoms with Gasteiger partial charge in [0.25, 0.3) is 0 Å². The minimum absolute atomic E-state index is 0.236. The molecule has 0 aliphatic carbocycles. The normalized spacial score (nSPS) is 36.4. The van der Waals surface area contributed by atoms with Crippen LogP contribution in [0.5, 0.6) is 0 Å². The van der Waals surface area contributed by atoms with E-state index < -0.39 is 0 Å². The number of piperidine rings is 2. The minimum Gasteiger partial charge on any atom is -0.331 e. The van der Waals surface area contributed by atoms with Crippen molar-refractivity contribution in [2.45, 2.75) is 56.4 Å². The Hall–Kier alpha value is -0.960. The largest absolute Gasteiger partial charge is 0.331 e. The summed E-state index contributed by atoms with van der Waals surface area (Å²) in [6.45, 7) is 4.44. The predicted molar refractivity (Wildman–Crippen MR) is 89.4 cm³/mol. The zero-order valence-electron chi connectivity index (χ0n) is 13.2. The molecule has 114 valence electrons. The summed E-state index contributed by atoms with van der Waals surface area (Å²) in [5.74, 6) is 0.979. The first-order valence-electron chi connectivity index (χ1n) is 7.99. The molecule has 3 heteroatoms. The fourth-order valence-corrected chi connectivity index (χ4v) is 4.57. The number of thioether (sulfide) groups is 1. The molecule has 1 aromatic carbocycles. The van der Waals surface area contributed by atoms with Crippen LogP contribution in [0.25, 0.3) is 0 Å². The van der Waals surface area contributed by atoms with Crippen molar-refractivity contribution in [3.8, 4) is 0 Å². The van der Waals surface area contributed by atoms with E-state index in [1.54, 1.807) is 11.8 Å². The molecule has 1 amide bonds. The molecule has 2 aliphatic rings. The van der Waals surface area contributed by atoms with Gasteiger partial charge in [-0.15, -0.1) is 11.8 Å². The Balaban J connectivity index is 1.97. The van der Waals surface area contributed by atoms with Crippen LogP contribution >= 0.6 is 11.8 Å². The summed E-state index contributed by atoms with van der Waals surface area (Å²) < 4.78 is -0.236. The molecule has 1 aromatic rings. The molecule has 0 N–H and O–H groups in total. The van der Waals surface area contributed by atoms with Crippen molar-refractivity contribution in [3.05, 3.63) is 35.9 Å². The quantitative estimate of drug-likeness (QED) is 0.813. The van der Waals surface area contributed by atoms with Crippen LogP contribution < -0.4 is 0 Å². The van der Waals surface area contributed by atoms with Crippen LogP contribution in [-0.2, 0) is 4.79 Å². The summed E-state index contributed by atoms with van der Waals surface area (Å²) in [6.07, 6.45) is 6.55. The number of hydrogen-bond donors (Lipinski definition) is 0. The summed E-state index contributed by atoms with van der Waals surface area (Å²) in [5.41, 5.74) is 1.30. The number of carbonyl (C=O) groups is 1. The Morgan fingerprint density at radius 2 is 1.90 bits per heavy atom. The van der Waals surface area contributed by atoms with E-state index in [4.69, 9.17) is 0 Å².